The predicted octanol–water partition coefficient (Wildman–Crippen LogP) is 0.0162. The lowest BCUT2D eigenvalue weighted by atomic mass is 10.4. The monoisotopic (exact) mass is 199 g/mol. The molecule has 78 valence electrons. The number of carbonyl (C=O) groups excluding carboxylic acids is 1. The smallest absolute Gasteiger partial charge is 0.407 e. The van der Waals surface area contributed by atoms with E-state index in [1.54, 1.807) is 6.92 Å². The number of hydrogen-bond acceptors (Lipinski definition) is 3. The largest absolute Gasteiger partial charge is 0.465 e. The number of amides is 2. The Labute approximate surface area is 82.1 Å². The summed E-state index contributed by atoms with van der Waals surface area (Å²) in [6.45, 7) is 1.99. The van der Waals surface area contributed by atoms with Crippen LogP contribution in [0, 0.1) is 11.3 Å². The predicted molar refractivity (Wildman–Crippen MR) is 48.5 cm³/mol. The van der Waals surface area contributed by atoms with Crippen LogP contribution in [0.5, 0.6) is 0 Å². The van der Waals surface area contributed by atoms with Crippen molar-refractivity contribution in [3.05, 3.63) is 0 Å². The molecule has 0 aromatic rings. The number of carbonyl (C=O) groups is 2. The molecule has 0 rings (SSSR count). The summed E-state index contributed by atoms with van der Waals surface area (Å²) in [5.41, 5.74) is 0. The first-order chi connectivity index (χ1) is 6.61. The molecular formula is C8H13N3O3. The number of nitrogens with one attached hydrogen (secondary N) is 1. The number of rotatable bonds is 5. The molecule has 0 heterocycles. The zero-order chi connectivity index (χ0) is 11.0. The van der Waals surface area contributed by atoms with Crippen molar-refractivity contribution in [2.75, 3.05) is 19.6 Å². The minimum Gasteiger partial charge on any atom is -0.465 e. The van der Waals surface area contributed by atoms with Crippen LogP contribution in [-0.2, 0) is 4.79 Å². The van der Waals surface area contributed by atoms with Gasteiger partial charge in [-0.15, -0.1) is 0 Å². The molecule has 0 spiro atoms. The van der Waals surface area contributed by atoms with Crippen molar-refractivity contribution in [3.63, 3.8) is 0 Å². The van der Waals surface area contributed by atoms with Crippen LogP contribution in [0.2, 0.25) is 0 Å². The van der Waals surface area contributed by atoms with Gasteiger partial charge in [-0.25, -0.2) is 4.79 Å². The molecule has 6 heteroatoms. The maximum absolute atomic E-state index is 11.1. The molecule has 0 radical (unpaired) electrons. The summed E-state index contributed by atoms with van der Waals surface area (Å²) < 4.78 is 0. The second-order valence-corrected chi connectivity index (χ2v) is 2.55. The maximum atomic E-state index is 11.1. The SMILES string of the molecule is CCN(CC(=O)NCCC#N)C(=O)O. The number of carboxylic acid groups (broad SMARTS) is 1. The molecular weight excluding hydrogens is 186 g/mol. The molecule has 0 bridgehead atoms. The van der Waals surface area contributed by atoms with Crippen molar-refractivity contribution in [2.45, 2.75) is 13.3 Å². The average Bonchev–Trinajstić information content (AvgIpc) is 2.14. The number of nitrogens with zero attached hydrogens (tertiary/aromatic N) is 2. The van der Waals surface area contributed by atoms with Gasteiger partial charge in [0.15, 0.2) is 0 Å². The second kappa shape index (κ2) is 6.71. The van der Waals surface area contributed by atoms with Crippen LogP contribution in [0.3, 0.4) is 0 Å². The molecule has 2 N–H and O–H groups in total. The Bertz CT molecular complexity index is 247. The van der Waals surface area contributed by atoms with Crippen LogP contribution in [0.15, 0.2) is 0 Å². The molecule has 2 amide bonds. The van der Waals surface area contributed by atoms with Crippen molar-refractivity contribution in [2.24, 2.45) is 0 Å². The summed E-state index contributed by atoms with van der Waals surface area (Å²) in [6, 6.07) is 1.87. The van der Waals surface area contributed by atoms with E-state index in [9.17, 15) is 9.59 Å². The highest BCUT2D eigenvalue weighted by Gasteiger charge is 2.12. The number of nitriles is 1. The van der Waals surface area contributed by atoms with E-state index in [0.29, 0.717) is 0 Å². The lowest BCUT2D eigenvalue weighted by Gasteiger charge is -2.15. The Morgan fingerprint density at radius 2 is 2.21 bits per heavy atom. The molecule has 0 aliphatic heterocycles. The first kappa shape index (κ1) is 12.2. The Kier molecular flexibility index (Phi) is 5.87. The topological polar surface area (TPSA) is 93.4 Å². The van der Waals surface area contributed by atoms with Crippen molar-refractivity contribution in [1.29, 1.82) is 5.26 Å². The van der Waals surface area contributed by atoms with Crippen LogP contribution in [0.25, 0.3) is 0 Å². The van der Waals surface area contributed by atoms with Crippen molar-refractivity contribution >= 4 is 12.0 Å². The van der Waals surface area contributed by atoms with E-state index >= 15 is 0 Å². The molecule has 6 nitrogen and oxygen atoms in total. The lowest BCUT2D eigenvalue weighted by molar-refractivity contribution is -0.121. The fraction of sp³-hybridized carbons (Fsp3) is 0.625. The summed E-state index contributed by atoms with van der Waals surface area (Å²) in [5, 5.41) is 19.2. The van der Waals surface area contributed by atoms with Crippen LogP contribution < -0.4 is 5.32 Å². The molecule has 14 heavy (non-hydrogen) atoms. The molecule has 0 aromatic heterocycles. The quantitative estimate of drug-likeness (QED) is 0.610. The fourth-order valence-corrected chi connectivity index (χ4v) is 0.802. The highest BCUT2D eigenvalue weighted by Crippen LogP contribution is 1.88. The minimum absolute atomic E-state index is 0.183. The van der Waals surface area contributed by atoms with Crippen LogP contribution in [0.1, 0.15) is 13.3 Å². The highest BCUT2D eigenvalue weighted by atomic mass is 16.4. The van der Waals surface area contributed by atoms with Gasteiger partial charge in [0.1, 0.15) is 6.54 Å². The van der Waals surface area contributed by atoms with Crippen molar-refractivity contribution in [3.8, 4) is 6.07 Å². The van der Waals surface area contributed by atoms with Gasteiger partial charge >= 0.3 is 6.09 Å². The average molecular weight is 199 g/mol. The van der Waals surface area contributed by atoms with Gasteiger partial charge in [-0.2, -0.15) is 5.26 Å². The molecule has 0 unspecified atom stereocenters. The summed E-state index contributed by atoms with van der Waals surface area (Å²) in [5.74, 6) is -0.385. The van der Waals surface area contributed by atoms with E-state index < -0.39 is 6.09 Å². The van der Waals surface area contributed by atoms with Gasteiger partial charge in [0.2, 0.25) is 5.91 Å². The third-order valence-electron chi connectivity index (χ3n) is 1.55. The van der Waals surface area contributed by atoms with Gasteiger partial charge in [0.25, 0.3) is 0 Å². The van der Waals surface area contributed by atoms with Gasteiger partial charge in [-0.05, 0) is 6.92 Å². The Morgan fingerprint density at radius 1 is 1.57 bits per heavy atom. The van der Waals surface area contributed by atoms with Gasteiger partial charge in [0, 0.05) is 13.1 Å². The van der Waals surface area contributed by atoms with Gasteiger partial charge in [-0.3, -0.25) is 9.69 Å². The van der Waals surface area contributed by atoms with Gasteiger partial charge in [-0.1, -0.05) is 0 Å². The second-order valence-electron chi connectivity index (χ2n) is 2.55. The Balaban J connectivity index is 3.80. The molecule has 0 aliphatic rings. The highest BCUT2D eigenvalue weighted by molar-refractivity contribution is 5.81. The summed E-state index contributed by atoms with van der Waals surface area (Å²) in [6.07, 6.45) is -0.895. The van der Waals surface area contributed by atoms with Crippen LogP contribution in [-0.4, -0.2) is 41.6 Å². The van der Waals surface area contributed by atoms with E-state index in [0.717, 1.165) is 4.90 Å². The Morgan fingerprint density at radius 3 is 2.64 bits per heavy atom. The Hall–Kier alpha value is -1.77. The van der Waals surface area contributed by atoms with Gasteiger partial charge < -0.3 is 10.4 Å². The third-order valence-corrected chi connectivity index (χ3v) is 1.55. The number of hydrogen-bond donors (Lipinski definition) is 2. The first-order valence-electron chi connectivity index (χ1n) is 4.23. The summed E-state index contributed by atoms with van der Waals surface area (Å²) >= 11 is 0. The zero-order valence-electron chi connectivity index (χ0n) is 7.99. The van der Waals surface area contributed by atoms with Crippen LogP contribution in [0.4, 0.5) is 4.79 Å². The summed E-state index contributed by atoms with van der Waals surface area (Å²) in [7, 11) is 0. The minimum atomic E-state index is -1.12. The maximum Gasteiger partial charge on any atom is 0.407 e. The zero-order valence-corrected chi connectivity index (χ0v) is 7.99. The summed E-state index contributed by atoms with van der Waals surface area (Å²) in [4.78, 5) is 22.5. The van der Waals surface area contributed by atoms with E-state index in [4.69, 9.17) is 10.4 Å². The first-order valence-corrected chi connectivity index (χ1v) is 4.23. The number of likely N-dealkylation sites (N-methyl/N-ethyl adjacent to an activating group) is 1. The molecule has 0 atom stereocenters. The van der Waals surface area contributed by atoms with Crippen LogP contribution >= 0.6 is 0 Å². The van der Waals surface area contributed by atoms with E-state index in [1.165, 1.54) is 0 Å². The molecule has 0 aromatic carbocycles. The molecule has 0 saturated carbocycles. The standard InChI is InChI=1S/C8H13N3O3/c1-2-11(8(13)14)6-7(12)10-5-3-4-9/h2-3,5-6H2,1H3,(H,10,12)(H,13,14). The van der Waals surface area contributed by atoms with Crippen molar-refractivity contribution < 1.29 is 14.7 Å². The fourth-order valence-electron chi connectivity index (χ4n) is 0.802. The van der Waals surface area contributed by atoms with E-state index in [-0.39, 0.29) is 32.0 Å². The van der Waals surface area contributed by atoms with Crippen molar-refractivity contribution in [1.82, 2.24) is 10.2 Å². The lowest BCUT2D eigenvalue weighted by Crippen LogP contribution is -2.40. The van der Waals surface area contributed by atoms with E-state index in [1.807, 2.05) is 6.07 Å². The van der Waals surface area contributed by atoms with Gasteiger partial charge in [0.05, 0.1) is 12.5 Å². The molecule has 0 saturated heterocycles. The molecule has 0 aliphatic carbocycles. The van der Waals surface area contributed by atoms with E-state index in [2.05, 4.69) is 5.32 Å². The molecule has 0 fully saturated rings. The normalized spacial score (nSPS) is 8.86. The third kappa shape index (κ3) is 4.98.